The highest BCUT2D eigenvalue weighted by Gasteiger charge is 2.53. The molecule has 2 heterocycles. The molecule has 7 aromatic carbocycles. The molecule has 3 aliphatic rings. The minimum atomic E-state index is -0.448. The van der Waals surface area contributed by atoms with Crippen LogP contribution >= 0.6 is 0 Å². The molecule has 0 saturated carbocycles. The molecule has 0 atom stereocenters. The van der Waals surface area contributed by atoms with Crippen LogP contribution < -0.4 is 0 Å². The van der Waals surface area contributed by atoms with E-state index in [1.165, 1.54) is 83.1 Å². The first kappa shape index (κ1) is 25.7. The summed E-state index contributed by atoms with van der Waals surface area (Å²) in [6, 6.07) is 56.2. The molecule has 2 heteroatoms. The largest absolute Gasteiger partial charge is 0.254 e. The number of hydrogen-bond acceptors (Lipinski definition) is 2. The van der Waals surface area contributed by atoms with Crippen molar-refractivity contribution in [1.82, 2.24) is 9.97 Å². The maximum Gasteiger partial charge on any atom is 0.0972 e. The van der Waals surface area contributed by atoms with Gasteiger partial charge in [-0.3, -0.25) is 4.98 Å². The molecular formula is C47H26N2. The fourth-order valence-corrected chi connectivity index (χ4v) is 9.63. The Morgan fingerprint density at radius 1 is 0.367 bits per heavy atom. The minimum absolute atomic E-state index is 0.448. The Balaban J connectivity index is 1.31. The number of nitrogens with zero attached hydrogens (tertiary/aromatic N) is 2. The summed E-state index contributed by atoms with van der Waals surface area (Å²) in [7, 11) is 0. The van der Waals surface area contributed by atoms with Crippen LogP contribution in [-0.2, 0) is 5.41 Å². The quantitative estimate of drug-likeness (QED) is 0.171. The van der Waals surface area contributed by atoms with E-state index in [9.17, 15) is 0 Å². The van der Waals surface area contributed by atoms with E-state index in [0.29, 0.717) is 0 Å². The lowest BCUT2D eigenvalue weighted by atomic mass is 9.70. The van der Waals surface area contributed by atoms with Gasteiger partial charge >= 0.3 is 0 Å². The average molecular weight is 619 g/mol. The monoisotopic (exact) mass is 618 g/mol. The van der Waals surface area contributed by atoms with Crippen LogP contribution in [0.3, 0.4) is 0 Å². The fourth-order valence-electron chi connectivity index (χ4n) is 9.63. The number of pyridine rings is 2. The van der Waals surface area contributed by atoms with Crippen LogP contribution in [0.2, 0.25) is 0 Å². The molecule has 2 aromatic heterocycles. The smallest absolute Gasteiger partial charge is 0.0972 e. The Bertz CT molecular complexity index is 2900. The maximum absolute atomic E-state index is 5.57. The molecule has 0 N–H and O–H groups in total. The van der Waals surface area contributed by atoms with Gasteiger partial charge in [0.25, 0.3) is 0 Å². The summed E-state index contributed by atoms with van der Waals surface area (Å²) < 4.78 is 0. The lowest BCUT2D eigenvalue weighted by molar-refractivity contribution is 0.794. The summed E-state index contributed by atoms with van der Waals surface area (Å²) in [6.07, 6.45) is 1.88. The highest BCUT2D eigenvalue weighted by atomic mass is 14.8. The second kappa shape index (κ2) is 8.94. The molecule has 0 aliphatic heterocycles. The van der Waals surface area contributed by atoms with Crippen molar-refractivity contribution in [3.63, 3.8) is 0 Å². The Morgan fingerprint density at radius 3 is 1.71 bits per heavy atom. The molecule has 2 nitrogen and oxygen atoms in total. The Hall–Kier alpha value is -6.38. The van der Waals surface area contributed by atoms with Crippen molar-refractivity contribution in [2.75, 3.05) is 0 Å². The van der Waals surface area contributed by atoms with E-state index in [1.54, 1.807) is 0 Å². The van der Waals surface area contributed by atoms with Crippen LogP contribution in [0, 0.1) is 0 Å². The van der Waals surface area contributed by atoms with E-state index in [2.05, 4.69) is 146 Å². The van der Waals surface area contributed by atoms with Crippen LogP contribution in [0.4, 0.5) is 0 Å². The Labute approximate surface area is 283 Å². The molecule has 224 valence electrons. The molecule has 3 aliphatic carbocycles. The third-order valence-corrected chi connectivity index (χ3v) is 11.4. The zero-order valence-corrected chi connectivity index (χ0v) is 26.4. The van der Waals surface area contributed by atoms with Gasteiger partial charge in [-0.15, -0.1) is 0 Å². The molecule has 0 unspecified atom stereocenters. The van der Waals surface area contributed by atoms with Crippen molar-refractivity contribution < 1.29 is 0 Å². The Morgan fingerprint density at radius 2 is 0.959 bits per heavy atom. The lowest BCUT2D eigenvalue weighted by Gasteiger charge is -2.31. The number of benzene rings is 7. The van der Waals surface area contributed by atoms with Gasteiger partial charge in [0, 0.05) is 28.1 Å². The van der Waals surface area contributed by atoms with Crippen LogP contribution in [0.5, 0.6) is 0 Å². The molecule has 0 bridgehead atoms. The van der Waals surface area contributed by atoms with Crippen molar-refractivity contribution in [3.8, 4) is 55.8 Å². The highest BCUT2D eigenvalue weighted by Crippen LogP contribution is 2.66. The van der Waals surface area contributed by atoms with E-state index in [4.69, 9.17) is 9.97 Å². The summed E-state index contributed by atoms with van der Waals surface area (Å²) in [5.41, 5.74) is 19.3. The second-order valence-corrected chi connectivity index (χ2v) is 13.6. The zero-order chi connectivity index (χ0) is 31.8. The summed E-state index contributed by atoms with van der Waals surface area (Å²) in [5.74, 6) is 0. The highest BCUT2D eigenvalue weighted by molar-refractivity contribution is 6.21. The van der Waals surface area contributed by atoms with Gasteiger partial charge in [-0.1, -0.05) is 133 Å². The van der Waals surface area contributed by atoms with Crippen molar-refractivity contribution in [3.05, 3.63) is 180 Å². The first-order valence-corrected chi connectivity index (χ1v) is 17.0. The number of aromatic nitrogens is 2. The average Bonchev–Trinajstić information content (AvgIpc) is 3.77. The third kappa shape index (κ3) is 3.00. The molecule has 12 rings (SSSR count). The van der Waals surface area contributed by atoms with Crippen LogP contribution in [0.15, 0.2) is 158 Å². The van der Waals surface area contributed by atoms with Gasteiger partial charge in [0.05, 0.1) is 22.1 Å². The van der Waals surface area contributed by atoms with E-state index in [1.807, 2.05) is 12.3 Å². The van der Waals surface area contributed by atoms with Crippen LogP contribution in [0.25, 0.3) is 88.3 Å². The number of rotatable bonds is 1. The summed E-state index contributed by atoms with van der Waals surface area (Å²) in [5, 5.41) is 4.79. The van der Waals surface area contributed by atoms with Crippen LogP contribution in [-0.4, -0.2) is 9.97 Å². The SMILES string of the molecule is c1ccc2c(c1)-c1ccccc1C21c2ccccc2-c2c1cc1c(c2-c2ccc3ccc4cccnc4c3n2)-c2cccc3cccc-1c23. The first-order valence-electron chi connectivity index (χ1n) is 17.0. The van der Waals surface area contributed by atoms with Gasteiger partial charge in [0.15, 0.2) is 0 Å². The van der Waals surface area contributed by atoms with Gasteiger partial charge in [0.2, 0.25) is 0 Å². The molecule has 9 aromatic rings. The molecular weight excluding hydrogens is 593 g/mol. The summed E-state index contributed by atoms with van der Waals surface area (Å²) >= 11 is 0. The minimum Gasteiger partial charge on any atom is -0.254 e. The fraction of sp³-hybridized carbons (Fsp3) is 0.0213. The number of fused-ring (bicyclic) bond motifs is 16. The number of hydrogen-bond donors (Lipinski definition) is 0. The van der Waals surface area contributed by atoms with E-state index in [-0.39, 0.29) is 0 Å². The third-order valence-electron chi connectivity index (χ3n) is 11.4. The molecule has 0 saturated heterocycles. The van der Waals surface area contributed by atoms with Crippen LogP contribution in [0.1, 0.15) is 22.3 Å². The molecule has 0 radical (unpaired) electrons. The molecule has 0 amide bonds. The molecule has 49 heavy (non-hydrogen) atoms. The normalized spacial score (nSPS) is 13.9. The van der Waals surface area contributed by atoms with Gasteiger partial charge in [-0.2, -0.15) is 0 Å². The first-order chi connectivity index (χ1) is 24.3. The lowest BCUT2D eigenvalue weighted by Crippen LogP contribution is -2.26. The van der Waals surface area contributed by atoms with E-state index < -0.39 is 5.41 Å². The predicted molar refractivity (Wildman–Crippen MR) is 201 cm³/mol. The van der Waals surface area contributed by atoms with Crippen molar-refractivity contribution in [1.29, 1.82) is 0 Å². The maximum atomic E-state index is 5.57. The summed E-state index contributed by atoms with van der Waals surface area (Å²) in [4.78, 5) is 10.4. The van der Waals surface area contributed by atoms with Crippen molar-refractivity contribution >= 4 is 32.6 Å². The second-order valence-electron chi connectivity index (χ2n) is 13.6. The Kier molecular flexibility index (Phi) is 4.69. The van der Waals surface area contributed by atoms with Gasteiger partial charge in [-0.05, 0) is 90.2 Å². The van der Waals surface area contributed by atoms with Gasteiger partial charge in [-0.25, -0.2) is 4.98 Å². The standard InChI is InChI=1S/C47H26N2/c1-4-18-36-30(13-1)31-14-2-5-19-37(31)47(36)38-20-6-3-15-33(38)43-39(47)26-35-32-16-7-10-27-11-8-17-34(41(27)32)42(35)44(43)40-24-23-29-22-21-28-12-9-25-48-45(28)46(29)49-40/h1-26H. The molecule has 0 fully saturated rings. The summed E-state index contributed by atoms with van der Waals surface area (Å²) in [6.45, 7) is 0. The van der Waals surface area contributed by atoms with Crippen molar-refractivity contribution in [2.45, 2.75) is 5.41 Å². The van der Waals surface area contributed by atoms with Gasteiger partial charge < -0.3 is 0 Å². The van der Waals surface area contributed by atoms with E-state index in [0.717, 1.165) is 27.5 Å². The predicted octanol–water partition coefficient (Wildman–Crippen LogP) is 11.6. The topological polar surface area (TPSA) is 25.8 Å². The molecule has 1 spiro atoms. The van der Waals surface area contributed by atoms with E-state index >= 15 is 0 Å². The van der Waals surface area contributed by atoms with Gasteiger partial charge in [0.1, 0.15) is 0 Å². The van der Waals surface area contributed by atoms with Crippen molar-refractivity contribution in [2.24, 2.45) is 0 Å². The zero-order valence-electron chi connectivity index (χ0n) is 26.4.